The molecule has 1 aromatic carbocycles. The van der Waals surface area contributed by atoms with Crippen molar-refractivity contribution < 1.29 is 4.74 Å². The van der Waals surface area contributed by atoms with E-state index < -0.39 is 0 Å². The summed E-state index contributed by atoms with van der Waals surface area (Å²) in [6.45, 7) is 3.76. The van der Waals surface area contributed by atoms with Crippen LogP contribution in [0.5, 0.6) is 0 Å². The highest BCUT2D eigenvalue weighted by atomic mass is 16.5. The number of para-hydroxylation sites is 1. The third kappa shape index (κ3) is 3.28. The van der Waals surface area contributed by atoms with Crippen molar-refractivity contribution in [2.24, 2.45) is 0 Å². The summed E-state index contributed by atoms with van der Waals surface area (Å²) in [4.78, 5) is 4.68. The number of rotatable bonds is 6. The maximum absolute atomic E-state index is 5.23. The van der Waals surface area contributed by atoms with Gasteiger partial charge in [-0.15, -0.1) is 0 Å². The Hall–Kier alpha value is -1.45. The first-order chi connectivity index (χ1) is 8.83. The lowest BCUT2D eigenvalue weighted by Gasteiger charge is -2.16. The van der Waals surface area contributed by atoms with Crippen molar-refractivity contribution in [1.82, 2.24) is 10.3 Å². The fourth-order valence-electron chi connectivity index (χ4n) is 2.15. The van der Waals surface area contributed by atoms with Crippen LogP contribution in [0.3, 0.4) is 0 Å². The molecule has 1 aromatic heterocycles. The van der Waals surface area contributed by atoms with E-state index >= 15 is 0 Å². The summed E-state index contributed by atoms with van der Waals surface area (Å²) >= 11 is 0. The number of nitrogens with one attached hydrogen (secondary N) is 1. The number of aromatic nitrogens is 1. The predicted octanol–water partition coefficient (Wildman–Crippen LogP) is 2.40. The van der Waals surface area contributed by atoms with Crippen LogP contribution >= 0.6 is 0 Å². The van der Waals surface area contributed by atoms with Crippen LogP contribution in [0.4, 0.5) is 0 Å². The second kappa shape index (κ2) is 6.47. The molecule has 0 aliphatic rings. The highest BCUT2D eigenvalue weighted by molar-refractivity contribution is 5.78. The van der Waals surface area contributed by atoms with Crippen LogP contribution in [-0.4, -0.2) is 31.3 Å². The molecule has 1 unspecified atom stereocenters. The van der Waals surface area contributed by atoms with Crippen molar-refractivity contribution in [3.05, 3.63) is 42.1 Å². The monoisotopic (exact) mass is 244 g/mol. The number of hydrogen-bond acceptors (Lipinski definition) is 3. The van der Waals surface area contributed by atoms with Gasteiger partial charge in [-0.1, -0.05) is 31.2 Å². The molecule has 0 bridgehead atoms. The topological polar surface area (TPSA) is 34.1 Å². The fourth-order valence-corrected chi connectivity index (χ4v) is 2.15. The molecular weight excluding hydrogens is 224 g/mol. The Bertz CT molecular complexity index is 493. The van der Waals surface area contributed by atoms with E-state index in [0.29, 0.717) is 12.6 Å². The maximum Gasteiger partial charge on any atom is 0.0705 e. The van der Waals surface area contributed by atoms with Crippen LogP contribution in [0.15, 0.2) is 36.4 Å². The van der Waals surface area contributed by atoms with Crippen molar-refractivity contribution in [3.63, 3.8) is 0 Å². The largest absolute Gasteiger partial charge is 0.383 e. The molecule has 0 fully saturated rings. The zero-order valence-corrected chi connectivity index (χ0v) is 11.0. The normalized spacial score (nSPS) is 12.8. The molecule has 0 aliphatic carbocycles. The van der Waals surface area contributed by atoms with Gasteiger partial charge >= 0.3 is 0 Å². The van der Waals surface area contributed by atoms with E-state index in [1.807, 2.05) is 12.1 Å². The molecule has 0 aliphatic heterocycles. The highest BCUT2D eigenvalue weighted by Crippen LogP contribution is 2.12. The Morgan fingerprint density at radius 3 is 2.83 bits per heavy atom. The summed E-state index contributed by atoms with van der Waals surface area (Å²) in [5.41, 5.74) is 2.17. The minimum Gasteiger partial charge on any atom is -0.383 e. The van der Waals surface area contributed by atoms with Crippen molar-refractivity contribution >= 4 is 10.9 Å². The minimum absolute atomic E-state index is 0.327. The molecule has 96 valence electrons. The molecule has 3 nitrogen and oxygen atoms in total. The third-order valence-corrected chi connectivity index (χ3v) is 2.97. The third-order valence-electron chi connectivity index (χ3n) is 2.97. The molecule has 0 saturated heterocycles. The highest BCUT2D eigenvalue weighted by Gasteiger charge is 2.09. The maximum atomic E-state index is 5.23. The summed E-state index contributed by atoms with van der Waals surface area (Å²) in [7, 11) is 1.73. The van der Waals surface area contributed by atoms with Crippen LogP contribution in [0.2, 0.25) is 0 Å². The van der Waals surface area contributed by atoms with Crippen LogP contribution in [0.1, 0.15) is 12.6 Å². The first-order valence-corrected chi connectivity index (χ1v) is 6.40. The number of fused-ring (bicyclic) bond motifs is 1. The van der Waals surface area contributed by atoms with Gasteiger partial charge in [-0.05, 0) is 18.7 Å². The molecule has 2 aromatic rings. The molecule has 1 atom stereocenters. The number of benzene rings is 1. The molecule has 0 radical (unpaired) electrons. The lowest BCUT2D eigenvalue weighted by atomic mass is 10.1. The average Bonchev–Trinajstić information content (AvgIpc) is 2.39. The lowest BCUT2D eigenvalue weighted by Crippen LogP contribution is -2.35. The molecule has 3 heteroatoms. The van der Waals surface area contributed by atoms with Gasteiger partial charge in [0.15, 0.2) is 0 Å². The Kier molecular flexibility index (Phi) is 4.67. The van der Waals surface area contributed by atoms with Gasteiger partial charge < -0.3 is 10.1 Å². The minimum atomic E-state index is 0.327. The van der Waals surface area contributed by atoms with Gasteiger partial charge in [0.25, 0.3) is 0 Å². The van der Waals surface area contributed by atoms with Gasteiger partial charge in [-0.2, -0.15) is 0 Å². The van der Waals surface area contributed by atoms with Crippen molar-refractivity contribution in [1.29, 1.82) is 0 Å². The van der Waals surface area contributed by atoms with Gasteiger partial charge in [-0.25, -0.2) is 0 Å². The van der Waals surface area contributed by atoms with Crippen LogP contribution < -0.4 is 5.32 Å². The molecule has 2 rings (SSSR count). The zero-order chi connectivity index (χ0) is 12.8. The van der Waals surface area contributed by atoms with Crippen LogP contribution in [-0.2, 0) is 11.2 Å². The summed E-state index contributed by atoms with van der Waals surface area (Å²) in [5.74, 6) is 0. The van der Waals surface area contributed by atoms with Gasteiger partial charge in [0.05, 0.1) is 12.1 Å². The second-order valence-corrected chi connectivity index (χ2v) is 4.41. The van der Waals surface area contributed by atoms with E-state index in [2.05, 4.69) is 41.5 Å². The van der Waals surface area contributed by atoms with E-state index in [1.54, 1.807) is 7.11 Å². The van der Waals surface area contributed by atoms with Gasteiger partial charge in [-0.3, -0.25) is 4.98 Å². The predicted molar refractivity (Wildman–Crippen MR) is 74.8 cm³/mol. The number of hydrogen-bond donors (Lipinski definition) is 1. The SMILES string of the molecule is CCNC(COC)Cc1ccc2ccccc2n1. The molecule has 1 N–H and O–H groups in total. The van der Waals surface area contributed by atoms with E-state index in [4.69, 9.17) is 4.74 Å². The molecular formula is C15H20N2O. The molecule has 18 heavy (non-hydrogen) atoms. The van der Waals surface area contributed by atoms with Crippen LogP contribution in [0, 0.1) is 0 Å². The van der Waals surface area contributed by atoms with Crippen molar-refractivity contribution in [3.8, 4) is 0 Å². The quantitative estimate of drug-likeness (QED) is 0.847. The number of ether oxygens (including phenoxy) is 1. The summed E-state index contributed by atoms with van der Waals surface area (Å²) in [6, 6.07) is 12.8. The standard InChI is InChI=1S/C15H20N2O/c1-3-16-14(11-18-2)10-13-9-8-12-6-4-5-7-15(12)17-13/h4-9,14,16H,3,10-11H2,1-2H3. The zero-order valence-electron chi connectivity index (χ0n) is 11.0. The number of likely N-dealkylation sites (N-methyl/N-ethyl adjacent to an activating group) is 1. The van der Waals surface area contributed by atoms with E-state index in [0.717, 1.165) is 24.2 Å². The summed E-state index contributed by atoms with van der Waals surface area (Å²) < 4.78 is 5.23. The van der Waals surface area contributed by atoms with Crippen molar-refractivity contribution in [2.45, 2.75) is 19.4 Å². The van der Waals surface area contributed by atoms with Crippen molar-refractivity contribution in [2.75, 3.05) is 20.3 Å². The number of pyridine rings is 1. The van der Waals surface area contributed by atoms with E-state index in [9.17, 15) is 0 Å². The average molecular weight is 244 g/mol. The first kappa shape index (κ1) is 13.0. The Balaban J connectivity index is 2.14. The molecule has 0 amide bonds. The summed E-state index contributed by atoms with van der Waals surface area (Å²) in [5, 5.41) is 4.60. The van der Waals surface area contributed by atoms with Gasteiger partial charge in [0, 0.05) is 30.7 Å². The smallest absolute Gasteiger partial charge is 0.0705 e. The fraction of sp³-hybridized carbons (Fsp3) is 0.400. The van der Waals surface area contributed by atoms with E-state index in [-0.39, 0.29) is 0 Å². The number of nitrogens with zero attached hydrogens (tertiary/aromatic N) is 1. The summed E-state index contributed by atoms with van der Waals surface area (Å²) in [6.07, 6.45) is 0.895. The van der Waals surface area contributed by atoms with Crippen LogP contribution in [0.25, 0.3) is 10.9 Å². The Morgan fingerprint density at radius 1 is 1.22 bits per heavy atom. The molecule has 0 spiro atoms. The first-order valence-electron chi connectivity index (χ1n) is 6.40. The lowest BCUT2D eigenvalue weighted by molar-refractivity contribution is 0.166. The van der Waals surface area contributed by atoms with Gasteiger partial charge in [0.2, 0.25) is 0 Å². The second-order valence-electron chi connectivity index (χ2n) is 4.41. The number of methoxy groups -OCH3 is 1. The molecule has 1 heterocycles. The Morgan fingerprint density at radius 2 is 2.06 bits per heavy atom. The Labute approximate surface area is 108 Å². The van der Waals surface area contributed by atoms with Gasteiger partial charge in [0.1, 0.15) is 0 Å². The van der Waals surface area contributed by atoms with E-state index in [1.165, 1.54) is 5.39 Å². The molecule has 0 saturated carbocycles.